The number of benzene rings is 1. The van der Waals surface area contributed by atoms with Crippen molar-refractivity contribution in [2.24, 2.45) is 11.8 Å². The van der Waals surface area contributed by atoms with Crippen molar-refractivity contribution in [1.29, 1.82) is 0 Å². The van der Waals surface area contributed by atoms with Crippen molar-refractivity contribution in [3.05, 3.63) is 35.4 Å². The molecular formula is C18H24N2O2. The summed E-state index contributed by atoms with van der Waals surface area (Å²) >= 11 is 0. The summed E-state index contributed by atoms with van der Waals surface area (Å²) in [7, 11) is 0. The Kier molecular flexibility index (Phi) is 4.57. The summed E-state index contributed by atoms with van der Waals surface area (Å²) in [4.78, 5) is 26.4. The summed E-state index contributed by atoms with van der Waals surface area (Å²) in [5.74, 6) is 1.42. The zero-order valence-corrected chi connectivity index (χ0v) is 13.2. The van der Waals surface area contributed by atoms with Crippen LogP contribution in [0.15, 0.2) is 24.3 Å². The van der Waals surface area contributed by atoms with Crippen LogP contribution in [0.3, 0.4) is 0 Å². The second-order valence-electron chi connectivity index (χ2n) is 6.45. The van der Waals surface area contributed by atoms with Gasteiger partial charge in [-0.25, -0.2) is 0 Å². The van der Waals surface area contributed by atoms with E-state index in [4.69, 9.17) is 0 Å². The Morgan fingerprint density at radius 2 is 1.73 bits per heavy atom. The molecular weight excluding hydrogens is 276 g/mol. The van der Waals surface area contributed by atoms with E-state index in [1.54, 1.807) is 0 Å². The molecule has 0 aliphatic carbocycles. The van der Waals surface area contributed by atoms with E-state index in [9.17, 15) is 9.59 Å². The first-order chi connectivity index (χ1) is 10.7. The molecule has 2 atom stereocenters. The maximum Gasteiger partial charge on any atom is 0.223 e. The summed E-state index contributed by atoms with van der Waals surface area (Å²) in [5, 5.41) is 3.37. The SMILES string of the molecule is CCc1ccc(C(=O)CCC(=O)N2C[C@H]3CNC[C@H]3C2)cc1. The van der Waals surface area contributed by atoms with E-state index in [1.165, 1.54) is 5.56 Å². The van der Waals surface area contributed by atoms with Gasteiger partial charge in [-0.2, -0.15) is 0 Å². The van der Waals surface area contributed by atoms with Gasteiger partial charge >= 0.3 is 0 Å². The van der Waals surface area contributed by atoms with Gasteiger partial charge < -0.3 is 10.2 Å². The number of aryl methyl sites for hydroxylation is 1. The van der Waals surface area contributed by atoms with E-state index < -0.39 is 0 Å². The van der Waals surface area contributed by atoms with Gasteiger partial charge in [-0.05, 0) is 23.8 Å². The lowest BCUT2D eigenvalue weighted by atomic mass is 10.0. The lowest BCUT2D eigenvalue weighted by molar-refractivity contribution is -0.130. The average molecular weight is 300 g/mol. The molecule has 1 amide bonds. The van der Waals surface area contributed by atoms with Crippen LogP contribution in [0.5, 0.6) is 0 Å². The first kappa shape index (κ1) is 15.2. The van der Waals surface area contributed by atoms with E-state index in [-0.39, 0.29) is 11.7 Å². The quantitative estimate of drug-likeness (QED) is 0.845. The Bertz CT molecular complexity index is 541. The summed E-state index contributed by atoms with van der Waals surface area (Å²) in [6, 6.07) is 7.72. The van der Waals surface area contributed by atoms with Gasteiger partial charge in [0.25, 0.3) is 0 Å². The van der Waals surface area contributed by atoms with E-state index >= 15 is 0 Å². The zero-order valence-electron chi connectivity index (χ0n) is 13.2. The smallest absolute Gasteiger partial charge is 0.223 e. The van der Waals surface area contributed by atoms with Gasteiger partial charge in [0.1, 0.15) is 0 Å². The summed E-state index contributed by atoms with van der Waals surface area (Å²) in [6.45, 7) is 5.86. The van der Waals surface area contributed by atoms with Crippen LogP contribution in [0.4, 0.5) is 0 Å². The highest BCUT2D eigenvalue weighted by atomic mass is 16.2. The minimum Gasteiger partial charge on any atom is -0.342 e. The van der Waals surface area contributed by atoms with Gasteiger partial charge in [0, 0.05) is 44.6 Å². The molecule has 1 N–H and O–H groups in total. The lowest BCUT2D eigenvalue weighted by Crippen LogP contribution is -2.32. The molecule has 4 nitrogen and oxygen atoms in total. The van der Waals surface area contributed by atoms with Gasteiger partial charge in [0.2, 0.25) is 5.91 Å². The molecule has 2 saturated heterocycles. The number of nitrogens with one attached hydrogen (secondary N) is 1. The predicted molar refractivity (Wildman–Crippen MR) is 85.8 cm³/mol. The minimum absolute atomic E-state index is 0.0667. The van der Waals surface area contributed by atoms with Crippen LogP contribution in [-0.4, -0.2) is 42.8 Å². The monoisotopic (exact) mass is 300 g/mol. The highest BCUT2D eigenvalue weighted by Gasteiger charge is 2.37. The molecule has 0 bridgehead atoms. The van der Waals surface area contributed by atoms with Crippen LogP contribution in [0.25, 0.3) is 0 Å². The number of hydrogen-bond donors (Lipinski definition) is 1. The molecule has 3 rings (SSSR count). The molecule has 1 aromatic carbocycles. The zero-order chi connectivity index (χ0) is 15.5. The highest BCUT2D eigenvalue weighted by molar-refractivity contribution is 5.98. The number of Topliss-reactive ketones (excluding diaryl/α,β-unsaturated/α-hetero) is 1. The number of amides is 1. The van der Waals surface area contributed by atoms with Crippen molar-refractivity contribution in [2.45, 2.75) is 26.2 Å². The third kappa shape index (κ3) is 3.22. The molecule has 4 heteroatoms. The molecule has 1 aromatic rings. The number of likely N-dealkylation sites (tertiary alicyclic amines) is 1. The van der Waals surface area contributed by atoms with Crippen molar-refractivity contribution in [3.63, 3.8) is 0 Å². The minimum atomic E-state index is 0.0667. The summed E-state index contributed by atoms with van der Waals surface area (Å²) < 4.78 is 0. The molecule has 2 fully saturated rings. The number of rotatable bonds is 5. The Labute approximate surface area is 131 Å². The second-order valence-corrected chi connectivity index (χ2v) is 6.45. The van der Waals surface area contributed by atoms with Crippen molar-refractivity contribution < 1.29 is 9.59 Å². The molecule has 0 spiro atoms. The highest BCUT2D eigenvalue weighted by Crippen LogP contribution is 2.26. The normalized spacial score (nSPS) is 23.6. The average Bonchev–Trinajstić information content (AvgIpc) is 3.14. The van der Waals surface area contributed by atoms with Gasteiger partial charge in [-0.3, -0.25) is 9.59 Å². The Hall–Kier alpha value is -1.68. The number of nitrogens with zero attached hydrogens (tertiary/aromatic N) is 1. The van der Waals surface area contributed by atoms with Crippen molar-refractivity contribution >= 4 is 11.7 Å². The fourth-order valence-electron chi connectivity index (χ4n) is 3.51. The fraction of sp³-hybridized carbons (Fsp3) is 0.556. The molecule has 22 heavy (non-hydrogen) atoms. The van der Waals surface area contributed by atoms with Gasteiger partial charge in [0.05, 0.1) is 0 Å². The number of carbonyl (C=O) groups is 2. The molecule has 0 unspecified atom stereocenters. The van der Waals surface area contributed by atoms with Crippen molar-refractivity contribution in [3.8, 4) is 0 Å². The first-order valence-corrected chi connectivity index (χ1v) is 8.28. The third-order valence-corrected chi connectivity index (χ3v) is 4.99. The van der Waals surface area contributed by atoms with Crippen LogP contribution in [0, 0.1) is 11.8 Å². The third-order valence-electron chi connectivity index (χ3n) is 4.99. The van der Waals surface area contributed by atoms with E-state index in [0.29, 0.717) is 30.2 Å². The van der Waals surface area contributed by atoms with Crippen LogP contribution < -0.4 is 5.32 Å². The van der Waals surface area contributed by atoms with Crippen LogP contribution in [-0.2, 0) is 11.2 Å². The molecule has 0 saturated carbocycles. The summed E-state index contributed by atoms with van der Waals surface area (Å²) in [6.07, 6.45) is 1.62. The number of ketones is 1. The maximum absolute atomic E-state index is 12.3. The second kappa shape index (κ2) is 6.61. The van der Waals surface area contributed by atoms with Crippen molar-refractivity contribution in [2.75, 3.05) is 26.2 Å². The van der Waals surface area contributed by atoms with Gasteiger partial charge in [-0.1, -0.05) is 31.2 Å². The van der Waals surface area contributed by atoms with Crippen molar-refractivity contribution in [1.82, 2.24) is 10.2 Å². The lowest BCUT2D eigenvalue weighted by Gasteiger charge is -2.17. The van der Waals surface area contributed by atoms with Gasteiger partial charge in [0.15, 0.2) is 5.78 Å². The summed E-state index contributed by atoms with van der Waals surface area (Å²) in [5.41, 5.74) is 1.94. The number of fused-ring (bicyclic) bond motifs is 1. The molecule has 0 radical (unpaired) electrons. The fourth-order valence-corrected chi connectivity index (χ4v) is 3.51. The van der Waals surface area contributed by atoms with E-state index in [0.717, 1.165) is 32.6 Å². The molecule has 2 heterocycles. The Morgan fingerprint density at radius 3 is 2.32 bits per heavy atom. The predicted octanol–water partition coefficient (Wildman–Crippen LogP) is 1.89. The standard InChI is InChI=1S/C18H24N2O2/c1-2-13-3-5-14(6-4-13)17(21)7-8-18(22)20-11-15-9-19-10-16(15)12-20/h3-6,15-16,19H,2,7-12H2,1H3/t15-,16+. The van der Waals surface area contributed by atoms with Crippen LogP contribution in [0.2, 0.25) is 0 Å². The van der Waals surface area contributed by atoms with Crippen LogP contribution in [0.1, 0.15) is 35.7 Å². The van der Waals surface area contributed by atoms with Crippen LogP contribution >= 0.6 is 0 Å². The first-order valence-electron chi connectivity index (χ1n) is 8.28. The molecule has 2 aliphatic rings. The molecule has 2 aliphatic heterocycles. The van der Waals surface area contributed by atoms with Gasteiger partial charge in [-0.15, -0.1) is 0 Å². The molecule has 118 valence electrons. The number of carbonyl (C=O) groups excluding carboxylic acids is 2. The Balaban J connectivity index is 1.49. The number of hydrogen-bond acceptors (Lipinski definition) is 3. The van der Waals surface area contributed by atoms with E-state index in [2.05, 4.69) is 12.2 Å². The largest absolute Gasteiger partial charge is 0.342 e. The topological polar surface area (TPSA) is 49.4 Å². The van der Waals surface area contributed by atoms with E-state index in [1.807, 2.05) is 29.2 Å². The maximum atomic E-state index is 12.3. The Morgan fingerprint density at radius 1 is 1.09 bits per heavy atom. The molecule has 0 aromatic heterocycles.